The molecule has 0 spiro atoms. The first-order chi connectivity index (χ1) is 36.7. The van der Waals surface area contributed by atoms with Gasteiger partial charge in [-0.3, -0.25) is 19.2 Å². The van der Waals surface area contributed by atoms with Crippen molar-refractivity contribution in [2.45, 2.75) is 204 Å². The lowest BCUT2D eigenvalue weighted by Gasteiger charge is -2.50. The molecule has 0 bridgehead atoms. The largest absolute Gasteiger partial charge is 0.477 e. The lowest BCUT2D eigenvalue weighted by Crippen LogP contribution is -2.62. The fraction of sp³-hybridized carbons (Fsp3) is 0.750. The van der Waals surface area contributed by atoms with Crippen LogP contribution in [0, 0.1) is 23.7 Å². The third kappa shape index (κ3) is 13.6. The number of pyridine rings is 1. The number of Topliss-reactive ketones (excluding diaryl/α,β-unsaturated/α-hetero) is 1. The fourth-order valence-corrected chi connectivity index (χ4v) is 13.0. The minimum absolute atomic E-state index is 0.0292. The van der Waals surface area contributed by atoms with Crippen molar-refractivity contribution >= 4 is 52.4 Å². The Balaban J connectivity index is 1.21. The Bertz CT molecular complexity index is 2510. The average Bonchev–Trinajstić information content (AvgIpc) is 3.78. The third-order valence-corrected chi connectivity index (χ3v) is 17.8. The molecule has 22 heteroatoms. The standard InChI is InChI=1S/C56H86N4O17S/c1-16-40-56(11)47(58-53(68)77-56)31(5)43(62)29(3)26-54(9,69-14)48(76-52-45(64)39(59(12)13)24-30(4)71-52)32(6)46(33(7)51(67)73-40)75-42-27-55(10,70-15)49(34(8)72-42)74-41(61)20-21-57-22-23-78-35-18-19-38-36(25-35)44(63)37(50(65)66)28-60(38)17-2/h18-19,25,28-34,39-40,42,45-49,52,57,64H,16-17,20-24,26-27H2,1-15H3,(H,58,68)(H,65,66)/t29-,30+,31+,32+,33-,34+,39-,40-,42+,45+,46+,47-,48-,49+,52-,54-,55-,56-/m1/s1. The van der Waals surface area contributed by atoms with E-state index in [1.54, 1.807) is 52.2 Å². The number of nitrogens with zero attached hydrogens (tertiary/aromatic N) is 2. The Morgan fingerprint density at radius 3 is 2.23 bits per heavy atom. The van der Waals surface area contributed by atoms with E-state index in [0.29, 0.717) is 42.7 Å². The lowest BCUT2D eigenvalue weighted by molar-refractivity contribution is -0.320. The number of ether oxygens (including phenoxy) is 9. The highest BCUT2D eigenvalue weighted by molar-refractivity contribution is 7.99. The number of aromatic carboxylic acids is 1. The van der Waals surface area contributed by atoms with Gasteiger partial charge in [0.2, 0.25) is 5.43 Å². The number of carbonyl (C=O) groups is 5. The van der Waals surface area contributed by atoms with E-state index < -0.39 is 125 Å². The number of likely N-dealkylation sites (N-methyl/N-ethyl adjacent to an activating group) is 1. The Morgan fingerprint density at radius 1 is 0.923 bits per heavy atom. The van der Waals surface area contributed by atoms with Crippen LogP contribution in [0.15, 0.2) is 34.1 Å². The molecule has 0 radical (unpaired) electrons. The average molecular weight is 1120 g/mol. The Kier molecular flexibility index (Phi) is 21.1. The van der Waals surface area contributed by atoms with Gasteiger partial charge >= 0.3 is 24.0 Å². The number of ketones is 1. The molecule has 1 aromatic heterocycles. The second-order valence-corrected chi connectivity index (χ2v) is 23.8. The van der Waals surface area contributed by atoms with E-state index in [9.17, 15) is 39.0 Å². The number of fused-ring (bicyclic) bond motifs is 2. The molecule has 438 valence electrons. The minimum atomic E-state index is -1.42. The Labute approximate surface area is 462 Å². The fourth-order valence-electron chi connectivity index (χ4n) is 12.2. The smallest absolute Gasteiger partial charge is 0.408 e. The molecule has 1 aromatic carbocycles. The van der Waals surface area contributed by atoms with Crippen LogP contribution in [0.5, 0.6) is 0 Å². The maximum Gasteiger partial charge on any atom is 0.408 e. The van der Waals surface area contributed by atoms with Crippen molar-refractivity contribution in [1.82, 2.24) is 20.1 Å². The van der Waals surface area contributed by atoms with Crippen molar-refractivity contribution in [3.8, 4) is 0 Å². The molecule has 21 nitrogen and oxygen atoms in total. The van der Waals surface area contributed by atoms with Crippen LogP contribution in [0.25, 0.3) is 10.9 Å². The molecule has 2 aromatic rings. The van der Waals surface area contributed by atoms with Gasteiger partial charge in [0.05, 0.1) is 53.9 Å². The van der Waals surface area contributed by atoms with Crippen LogP contribution in [0.2, 0.25) is 0 Å². The maximum absolute atomic E-state index is 14.8. The summed E-state index contributed by atoms with van der Waals surface area (Å²) in [5.74, 6) is -5.30. The van der Waals surface area contributed by atoms with Gasteiger partial charge < -0.3 is 72.9 Å². The van der Waals surface area contributed by atoms with Gasteiger partial charge in [0, 0.05) is 86.3 Å². The molecule has 6 rings (SSSR count). The van der Waals surface area contributed by atoms with Gasteiger partial charge in [-0.1, -0.05) is 27.7 Å². The number of carbonyl (C=O) groups excluding carboxylic acids is 4. The number of aliphatic hydroxyl groups excluding tert-OH is 1. The number of carboxylic acids is 1. The van der Waals surface area contributed by atoms with Gasteiger partial charge in [0.15, 0.2) is 24.3 Å². The second kappa shape index (κ2) is 26.1. The molecule has 0 unspecified atom stereocenters. The number of esters is 2. The van der Waals surface area contributed by atoms with Gasteiger partial charge in [-0.25, -0.2) is 9.59 Å². The molecular weight excluding hydrogens is 1030 g/mol. The Morgan fingerprint density at radius 2 is 1.60 bits per heavy atom. The molecule has 4 saturated heterocycles. The predicted molar refractivity (Wildman–Crippen MR) is 289 cm³/mol. The number of carboxylic acid groups (broad SMARTS) is 1. The monoisotopic (exact) mass is 1120 g/mol. The van der Waals surface area contributed by atoms with Gasteiger partial charge in [-0.05, 0) is 100 Å². The number of nitrogens with one attached hydrogen (secondary N) is 2. The van der Waals surface area contributed by atoms with E-state index >= 15 is 0 Å². The first-order valence-corrected chi connectivity index (χ1v) is 28.4. The molecule has 78 heavy (non-hydrogen) atoms. The van der Waals surface area contributed by atoms with Crippen LogP contribution in [-0.2, 0) is 63.6 Å². The highest BCUT2D eigenvalue weighted by Gasteiger charge is 2.58. The number of methoxy groups -OCH3 is 2. The zero-order valence-corrected chi connectivity index (χ0v) is 49.0. The van der Waals surface area contributed by atoms with Crippen molar-refractivity contribution < 1.29 is 76.8 Å². The highest BCUT2D eigenvalue weighted by Crippen LogP contribution is 2.43. The van der Waals surface area contributed by atoms with E-state index in [1.807, 2.05) is 65.7 Å². The molecule has 4 fully saturated rings. The summed E-state index contributed by atoms with van der Waals surface area (Å²) in [5.41, 5.74) is -4.03. The van der Waals surface area contributed by atoms with Gasteiger partial charge in [0.25, 0.3) is 0 Å². The number of thioether (sulfide) groups is 1. The number of aromatic nitrogens is 1. The van der Waals surface area contributed by atoms with Gasteiger partial charge in [-0.15, -0.1) is 11.8 Å². The zero-order chi connectivity index (χ0) is 57.8. The van der Waals surface area contributed by atoms with Crippen molar-refractivity contribution in [1.29, 1.82) is 0 Å². The number of aryl methyl sites for hydroxylation is 1. The van der Waals surface area contributed by atoms with Crippen molar-refractivity contribution in [2.75, 3.05) is 47.2 Å². The van der Waals surface area contributed by atoms with Crippen LogP contribution in [0.3, 0.4) is 0 Å². The van der Waals surface area contributed by atoms with E-state index in [1.165, 1.54) is 32.2 Å². The number of hydrogen-bond donors (Lipinski definition) is 4. The van der Waals surface area contributed by atoms with Crippen molar-refractivity contribution in [2.24, 2.45) is 23.7 Å². The summed E-state index contributed by atoms with van der Waals surface area (Å²) in [6.07, 6.45) is -6.74. The number of alkyl carbamates (subject to hydrolysis) is 1. The summed E-state index contributed by atoms with van der Waals surface area (Å²) in [7, 11) is 6.78. The molecular formula is C56H86N4O17S. The van der Waals surface area contributed by atoms with E-state index in [0.717, 1.165) is 4.90 Å². The number of rotatable bonds is 18. The number of amides is 1. The molecule has 18 atom stereocenters. The van der Waals surface area contributed by atoms with E-state index in [-0.39, 0.29) is 49.2 Å². The van der Waals surface area contributed by atoms with Crippen molar-refractivity contribution in [3.63, 3.8) is 0 Å². The number of benzene rings is 1. The summed E-state index contributed by atoms with van der Waals surface area (Å²) in [6, 6.07) is 4.24. The summed E-state index contributed by atoms with van der Waals surface area (Å²) in [4.78, 5) is 83.4. The molecule has 0 aliphatic carbocycles. The molecule has 1 amide bonds. The van der Waals surface area contributed by atoms with Crippen LogP contribution in [0.1, 0.15) is 119 Å². The topological polar surface area (TPSA) is 258 Å². The summed E-state index contributed by atoms with van der Waals surface area (Å²) in [5, 5.41) is 27.9. The summed E-state index contributed by atoms with van der Waals surface area (Å²) < 4.78 is 59.5. The number of hydrogen-bond acceptors (Lipinski definition) is 19. The molecule has 4 aliphatic rings. The Hall–Kier alpha value is -4.23. The summed E-state index contributed by atoms with van der Waals surface area (Å²) >= 11 is 1.49. The first-order valence-electron chi connectivity index (χ1n) is 27.4. The molecule has 0 saturated carbocycles. The predicted octanol–water partition coefficient (Wildman–Crippen LogP) is 5.55. The van der Waals surface area contributed by atoms with Crippen molar-refractivity contribution in [3.05, 3.63) is 40.2 Å². The van der Waals surface area contributed by atoms with Crippen LogP contribution in [-0.4, -0.2) is 181 Å². The molecule has 4 N–H and O–H groups in total. The quantitative estimate of drug-likeness (QED) is 0.0617. The van der Waals surface area contributed by atoms with Crippen LogP contribution in [0.4, 0.5) is 4.79 Å². The first kappa shape index (κ1) is 63.0. The minimum Gasteiger partial charge on any atom is -0.477 e. The lowest BCUT2D eigenvalue weighted by atomic mass is 9.73. The third-order valence-electron chi connectivity index (χ3n) is 16.8. The second-order valence-electron chi connectivity index (χ2n) is 22.6. The van der Waals surface area contributed by atoms with Gasteiger partial charge in [-0.2, -0.15) is 0 Å². The zero-order valence-electron chi connectivity index (χ0n) is 48.2. The normalized spacial score (nSPS) is 37.0. The van der Waals surface area contributed by atoms with E-state index in [2.05, 4.69) is 10.6 Å². The van der Waals surface area contributed by atoms with Crippen LogP contribution >= 0.6 is 11.8 Å². The SMILES string of the molecule is CC[C@H]1OC(=O)[C@H](C)[C@@H](O[C@H]2C[C@@](C)(OC)[C@@H](OC(=O)CCNCCSc3ccc4c(c3)c(=O)c(C(=O)O)cn4CC)[C@H](C)O2)[C@H](C)[C@@H](O[C@H]2O[C@@H](C)C[C@@H](N(C)C)[C@@H]2O)[C@](C)(OC)C[C@@H](C)C(=O)[C@H](C)[C@H]2NC(=O)O[C@@]21C. The van der Waals surface area contributed by atoms with Gasteiger partial charge in [0.1, 0.15) is 29.2 Å². The summed E-state index contributed by atoms with van der Waals surface area (Å²) in [6.45, 7) is 21.0. The van der Waals surface area contributed by atoms with Crippen LogP contribution < -0.4 is 16.1 Å². The molecule has 5 heterocycles. The highest BCUT2D eigenvalue weighted by atomic mass is 32.2. The number of aliphatic hydroxyl groups is 1. The maximum atomic E-state index is 14.8. The molecule has 4 aliphatic heterocycles. The van der Waals surface area contributed by atoms with E-state index in [4.69, 9.17) is 42.6 Å². The number of cyclic esters (lactones) is 1.